The Morgan fingerprint density at radius 1 is 1.08 bits per heavy atom. The number of rotatable bonds is 5. The number of primary sulfonamides is 1. The maximum Gasteiger partial charge on any atom is 0.238 e. The van der Waals surface area contributed by atoms with Gasteiger partial charge in [-0.25, -0.2) is 13.6 Å². The van der Waals surface area contributed by atoms with Crippen molar-refractivity contribution >= 4 is 27.6 Å². The summed E-state index contributed by atoms with van der Waals surface area (Å²) in [6.45, 7) is 0.982. The Bertz CT molecular complexity index is 837. The zero-order valence-corrected chi connectivity index (χ0v) is 14.7. The molecule has 4 N–H and O–H groups in total. The van der Waals surface area contributed by atoms with E-state index in [1.165, 1.54) is 12.1 Å². The van der Waals surface area contributed by atoms with E-state index in [1.54, 1.807) is 13.1 Å². The summed E-state index contributed by atoms with van der Waals surface area (Å²) >= 11 is 5.95. The molecule has 0 bridgehead atoms. The van der Waals surface area contributed by atoms with Crippen molar-refractivity contribution in [2.24, 2.45) is 10.1 Å². The van der Waals surface area contributed by atoms with Crippen LogP contribution in [0, 0.1) is 0 Å². The minimum absolute atomic E-state index is 0.0867. The predicted octanol–water partition coefficient (Wildman–Crippen LogP) is 1.85. The molecule has 2 aromatic carbocycles. The molecule has 0 unspecified atom stereocenters. The van der Waals surface area contributed by atoms with E-state index in [1.807, 2.05) is 30.3 Å². The molecule has 0 aromatic heterocycles. The lowest BCUT2D eigenvalue weighted by atomic mass is 10.2. The van der Waals surface area contributed by atoms with Gasteiger partial charge in [0.1, 0.15) is 0 Å². The highest BCUT2D eigenvalue weighted by atomic mass is 35.5. The number of benzene rings is 2. The number of guanidine groups is 1. The molecule has 0 aliphatic rings. The van der Waals surface area contributed by atoms with Crippen LogP contribution in [0.4, 0.5) is 0 Å². The van der Waals surface area contributed by atoms with E-state index in [9.17, 15) is 8.42 Å². The van der Waals surface area contributed by atoms with Gasteiger partial charge < -0.3 is 10.6 Å². The summed E-state index contributed by atoms with van der Waals surface area (Å²) in [6, 6.07) is 14.0. The lowest BCUT2D eigenvalue weighted by molar-refractivity contribution is 0.597. The van der Waals surface area contributed by atoms with Crippen LogP contribution < -0.4 is 15.8 Å². The van der Waals surface area contributed by atoms with Gasteiger partial charge >= 0.3 is 0 Å². The van der Waals surface area contributed by atoms with Gasteiger partial charge in [-0.3, -0.25) is 4.99 Å². The van der Waals surface area contributed by atoms with E-state index in [0.29, 0.717) is 24.1 Å². The fraction of sp³-hybridized carbons (Fsp3) is 0.188. The Kier molecular flexibility index (Phi) is 6.19. The largest absolute Gasteiger partial charge is 0.352 e. The third kappa shape index (κ3) is 5.52. The number of nitrogens with two attached hydrogens (primary N) is 1. The molecular formula is C16H19ClN4O2S. The molecule has 2 rings (SSSR count). The predicted molar refractivity (Wildman–Crippen MR) is 96.3 cm³/mol. The Labute approximate surface area is 146 Å². The molecule has 0 aliphatic heterocycles. The molecule has 0 saturated carbocycles. The summed E-state index contributed by atoms with van der Waals surface area (Å²) < 4.78 is 22.8. The number of sulfonamides is 1. The second-order valence-corrected chi connectivity index (χ2v) is 7.10. The highest BCUT2D eigenvalue weighted by molar-refractivity contribution is 7.89. The molecule has 0 heterocycles. The van der Waals surface area contributed by atoms with Crippen molar-refractivity contribution < 1.29 is 8.42 Å². The topological polar surface area (TPSA) is 96.6 Å². The fourth-order valence-electron chi connectivity index (χ4n) is 2.07. The Balaban J connectivity index is 1.94. The summed E-state index contributed by atoms with van der Waals surface area (Å²) in [7, 11) is -2.05. The van der Waals surface area contributed by atoms with Crippen LogP contribution in [0.1, 0.15) is 11.1 Å². The average molecular weight is 367 g/mol. The number of nitrogens with one attached hydrogen (secondary N) is 2. The summed E-state index contributed by atoms with van der Waals surface area (Å²) in [5, 5.41) is 12.1. The molecule has 0 aliphatic carbocycles. The van der Waals surface area contributed by atoms with Gasteiger partial charge in [0.15, 0.2) is 5.96 Å². The summed E-state index contributed by atoms with van der Waals surface area (Å²) in [6.07, 6.45) is 0. The van der Waals surface area contributed by atoms with Crippen molar-refractivity contribution in [2.75, 3.05) is 7.05 Å². The lowest BCUT2D eigenvalue weighted by Gasteiger charge is -2.12. The van der Waals surface area contributed by atoms with Gasteiger partial charge in [-0.2, -0.15) is 0 Å². The Hall–Kier alpha value is -2.09. The van der Waals surface area contributed by atoms with Crippen LogP contribution in [0.25, 0.3) is 0 Å². The highest BCUT2D eigenvalue weighted by Gasteiger charge is 2.08. The van der Waals surface area contributed by atoms with Crippen LogP contribution in [-0.2, 0) is 23.1 Å². The second-order valence-electron chi connectivity index (χ2n) is 5.10. The van der Waals surface area contributed by atoms with Crippen molar-refractivity contribution in [3.8, 4) is 0 Å². The zero-order valence-electron chi connectivity index (χ0n) is 13.2. The van der Waals surface area contributed by atoms with Crippen molar-refractivity contribution in [3.05, 3.63) is 64.7 Å². The van der Waals surface area contributed by atoms with Crippen LogP contribution in [0.5, 0.6) is 0 Å². The van der Waals surface area contributed by atoms with Gasteiger partial charge in [0.2, 0.25) is 10.0 Å². The van der Waals surface area contributed by atoms with Gasteiger partial charge in [0, 0.05) is 25.2 Å². The molecule has 0 amide bonds. The van der Waals surface area contributed by atoms with Gasteiger partial charge in [0.05, 0.1) is 4.90 Å². The minimum Gasteiger partial charge on any atom is -0.352 e. The molecular weight excluding hydrogens is 348 g/mol. The van der Waals surface area contributed by atoms with Crippen LogP contribution in [0.15, 0.2) is 58.4 Å². The first kappa shape index (κ1) is 18.3. The van der Waals surface area contributed by atoms with E-state index >= 15 is 0 Å². The molecule has 0 radical (unpaired) electrons. The van der Waals surface area contributed by atoms with E-state index in [-0.39, 0.29) is 4.90 Å². The van der Waals surface area contributed by atoms with E-state index in [2.05, 4.69) is 15.6 Å². The third-order valence-electron chi connectivity index (χ3n) is 3.26. The van der Waals surface area contributed by atoms with Gasteiger partial charge in [-0.05, 0) is 35.4 Å². The molecule has 8 heteroatoms. The number of aliphatic imine (C=N–C) groups is 1. The van der Waals surface area contributed by atoms with E-state index in [0.717, 1.165) is 11.1 Å². The third-order valence-corrected chi connectivity index (χ3v) is 4.41. The molecule has 0 saturated heterocycles. The molecule has 6 nitrogen and oxygen atoms in total. The van der Waals surface area contributed by atoms with E-state index < -0.39 is 10.0 Å². The van der Waals surface area contributed by atoms with Crippen LogP contribution in [0.3, 0.4) is 0 Å². The molecule has 0 spiro atoms. The number of hydrogen-bond acceptors (Lipinski definition) is 3. The second kappa shape index (κ2) is 8.14. The van der Waals surface area contributed by atoms with Crippen molar-refractivity contribution in [1.29, 1.82) is 0 Å². The minimum atomic E-state index is -3.71. The smallest absolute Gasteiger partial charge is 0.238 e. The summed E-state index contributed by atoms with van der Waals surface area (Å²) in [4.78, 5) is 4.22. The number of nitrogens with zero attached hydrogens (tertiary/aromatic N) is 1. The van der Waals surface area contributed by atoms with Crippen molar-refractivity contribution in [3.63, 3.8) is 0 Å². The summed E-state index contributed by atoms with van der Waals surface area (Å²) in [5.41, 5.74) is 1.81. The molecule has 24 heavy (non-hydrogen) atoms. The normalized spacial score (nSPS) is 12.0. The molecule has 128 valence electrons. The van der Waals surface area contributed by atoms with Crippen LogP contribution in [0.2, 0.25) is 5.02 Å². The van der Waals surface area contributed by atoms with Crippen molar-refractivity contribution in [1.82, 2.24) is 10.6 Å². The van der Waals surface area contributed by atoms with Crippen LogP contribution >= 0.6 is 11.6 Å². The molecule has 0 fully saturated rings. The van der Waals surface area contributed by atoms with Gasteiger partial charge in [0.25, 0.3) is 0 Å². The van der Waals surface area contributed by atoms with Gasteiger partial charge in [-0.1, -0.05) is 35.9 Å². The van der Waals surface area contributed by atoms with E-state index in [4.69, 9.17) is 16.7 Å². The zero-order chi connectivity index (χ0) is 17.6. The van der Waals surface area contributed by atoms with Crippen molar-refractivity contribution in [2.45, 2.75) is 18.0 Å². The first-order valence-corrected chi connectivity index (χ1v) is 9.11. The van der Waals surface area contributed by atoms with Gasteiger partial charge in [-0.15, -0.1) is 0 Å². The monoisotopic (exact) mass is 366 g/mol. The SMILES string of the molecule is CN=C(NCc1cccc(Cl)c1)NCc1cccc(S(N)(=O)=O)c1. The van der Waals surface area contributed by atoms with Crippen LogP contribution in [-0.4, -0.2) is 21.4 Å². The first-order chi connectivity index (χ1) is 11.4. The lowest BCUT2D eigenvalue weighted by Crippen LogP contribution is -2.36. The molecule has 0 atom stereocenters. The average Bonchev–Trinajstić information content (AvgIpc) is 2.54. The number of hydrogen-bond donors (Lipinski definition) is 3. The fourth-order valence-corrected chi connectivity index (χ4v) is 2.87. The first-order valence-electron chi connectivity index (χ1n) is 7.19. The standard InChI is InChI=1S/C16H19ClN4O2S/c1-19-16(20-10-12-4-2-6-14(17)8-12)21-11-13-5-3-7-15(9-13)24(18,22)23/h2-9H,10-11H2,1H3,(H2,18,22,23)(H2,19,20,21). The maximum atomic E-state index is 11.4. The quantitative estimate of drug-likeness (QED) is 0.555. The summed E-state index contributed by atoms with van der Waals surface area (Å²) in [5.74, 6) is 0.594. The highest BCUT2D eigenvalue weighted by Crippen LogP contribution is 2.11. The number of halogens is 1. The maximum absolute atomic E-state index is 11.4. The Morgan fingerprint density at radius 3 is 2.21 bits per heavy atom. The Morgan fingerprint density at radius 2 is 1.67 bits per heavy atom. The molecule has 2 aromatic rings.